The number of carbonyl (C=O) groups is 2. The van der Waals surface area contributed by atoms with Crippen molar-refractivity contribution < 1.29 is 36.1 Å². The van der Waals surface area contributed by atoms with Gasteiger partial charge in [-0.1, -0.05) is 0 Å². The van der Waals surface area contributed by atoms with E-state index in [9.17, 15) is 26.8 Å². The van der Waals surface area contributed by atoms with Gasteiger partial charge in [0.25, 0.3) is 10.1 Å². The van der Waals surface area contributed by atoms with Crippen LogP contribution in [0, 0.1) is 24.0 Å². The van der Waals surface area contributed by atoms with E-state index in [1.165, 1.54) is 36.4 Å². The molecule has 2 aromatic heterocycles. The number of nitrogens with one attached hydrogen (secondary N) is 2. The minimum atomic E-state index is -3.67. The number of benzene rings is 2. The Labute approximate surface area is 240 Å². The fourth-order valence-electron chi connectivity index (χ4n) is 3.89. The summed E-state index contributed by atoms with van der Waals surface area (Å²) in [4.78, 5) is 30.0. The smallest absolute Gasteiger partial charge is 0.261 e. The predicted molar refractivity (Wildman–Crippen MR) is 150 cm³/mol. The highest BCUT2D eigenvalue weighted by Gasteiger charge is 2.56. The Bertz CT molecular complexity index is 1730. The van der Waals surface area contributed by atoms with Gasteiger partial charge in [-0.2, -0.15) is 13.5 Å². The molecule has 42 heavy (non-hydrogen) atoms. The lowest BCUT2D eigenvalue weighted by Gasteiger charge is -2.17. The van der Waals surface area contributed by atoms with Crippen LogP contribution in [0.4, 0.5) is 20.2 Å². The third-order valence-electron chi connectivity index (χ3n) is 6.19. The maximum atomic E-state index is 15.0. The topological polar surface area (TPSA) is 153 Å². The van der Waals surface area contributed by atoms with Crippen LogP contribution in [0.3, 0.4) is 0 Å². The zero-order valence-electron chi connectivity index (χ0n) is 22.8. The summed E-state index contributed by atoms with van der Waals surface area (Å²) in [5, 5.41) is 9.31. The number of hydrogen-bond acceptors (Lipinski definition) is 7. The van der Waals surface area contributed by atoms with Crippen LogP contribution in [-0.4, -0.2) is 45.8 Å². The van der Waals surface area contributed by atoms with E-state index in [1.807, 2.05) is 6.20 Å². The minimum absolute atomic E-state index is 0.0542. The van der Waals surface area contributed by atoms with Crippen molar-refractivity contribution in [2.24, 2.45) is 12.5 Å². The molecule has 5 rings (SSSR count). The third-order valence-corrected chi connectivity index (χ3v) is 6.19. The first kappa shape index (κ1) is 30.3. The monoisotopic (exact) mass is 599 g/mol. The van der Waals surface area contributed by atoms with Crippen LogP contribution in [0.5, 0.6) is 11.5 Å². The number of aromatic nitrogens is 3. The van der Waals surface area contributed by atoms with Crippen molar-refractivity contribution in [1.29, 1.82) is 0 Å². The van der Waals surface area contributed by atoms with Crippen molar-refractivity contribution in [1.82, 2.24) is 14.8 Å². The molecule has 0 radical (unpaired) electrons. The first-order valence-corrected chi connectivity index (χ1v) is 14.3. The number of aryl methyl sites for hydroxylation is 2. The van der Waals surface area contributed by atoms with E-state index < -0.39 is 39.0 Å². The molecule has 11 nitrogen and oxygen atoms in total. The highest BCUT2D eigenvalue weighted by atomic mass is 32.2. The van der Waals surface area contributed by atoms with Crippen LogP contribution in [0.2, 0.25) is 0 Å². The number of carbonyl (C=O) groups excluding carboxylic acids is 2. The van der Waals surface area contributed by atoms with Gasteiger partial charge in [0.05, 0.1) is 23.8 Å². The summed E-state index contributed by atoms with van der Waals surface area (Å²) in [6.45, 7) is 1.72. The third kappa shape index (κ3) is 7.73. The van der Waals surface area contributed by atoms with E-state index >= 15 is 0 Å². The number of anilines is 2. The Morgan fingerprint density at radius 2 is 1.69 bits per heavy atom. The molecule has 3 N–H and O–H groups in total. The zero-order valence-corrected chi connectivity index (χ0v) is 23.6. The molecular weight excluding hydrogens is 572 g/mol. The van der Waals surface area contributed by atoms with Crippen LogP contribution in [0.15, 0.2) is 67.1 Å². The molecule has 1 aliphatic carbocycles. The molecule has 14 heteroatoms. The van der Waals surface area contributed by atoms with Gasteiger partial charge in [0.1, 0.15) is 28.5 Å². The van der Waals surface area contributed by atoms with Crippen molar-refractivity contribution >= 4 is 33.3 Å². The number of amides is 2. The van der Waals surface area contributed by atoms with Crippen molar-refractivity contribution in [3.8, 4) is 22.8 Å². The fourth-order valence-corrected chi connectivity index (χ4v) is 3.89. The molecule has 0 spiro atoms. The standard InChI is InChI=1S/C27H23F2N5O3.CH4O3S/c1-16-11-23(33-26(36)27(8-9-27)25(35)32-19-5-3-18(28)4-6-19)21(29)13-24(16)37-20-7-10-30-22(12-20)17-14-31-34(2)15-17;1-5(2,3)4/h3-7,10-15H,8-9H2,1-2H3,(H,32,35)(H,33,36);1H3,(H,2,3,4). The summed E-state index contributed by atoms with van der Waals surface area (Å²) in [5.41, 5.74) is 1.06. The lowest BCUT2D eigenvalue weighted by atomic mass is 10.0. The van der Waals surface area contributed by atoms with E-state index in [-0.39, 0.29) is 11.4 Å². The molecule has 1 aliphatic rings. The number of nitrogens with zero attached hydrogens (tertiary/aromatic N) is 3. The van der Waals surface area contributed by atoms with Crippen LogP contribution in [0.25, 0.3) is 11.3 Å². The largest absolute Gasteiger partial charge is 0.457 e. The Morgan fingerprint density at radius 1 is 1.05 bits per heavy atom. The first-order chi connectivity index (χ1) is 19.7. The second-order valence-corrected chi connectivity index (χ2v) is 11.2. The second-order valence-electron chi connectivity index (χ2n) is 9.71. The molecule has 1 saturated carbocycles. The Balaban J connectivity index is 0.000000748. The lowest BCUT2D eigenvalue weighted by Crippen LogP contribution is -2.35. The highest BCUT2D eigenvalue weighted by Crippen LogP contribution is 2.48. The molecule has 4 aromatic rings. The molecular formula is C28H27F2N5O6S. The van der Waals surface area contributed by atoms with E-state index in [0.717, 1.165) is 5.56 Å². The van der Waals surface area contributed by atoms with Crippen LogP contribution in [0.1, 0.15) is 18.4 Å². The molecule has 0 aliphatic heterocycles. The van der Waals surface area contributed by atoms with Gasteiger partial charge in [-0.3, -0.25) is 23.8 Å². The average molecular weight is 600 g/mol. The second kappa shape index (κ2) is 12.0. The molecule has 0 atom stereocenters. The lowest BCUT2D eigenvalue weighted by molar-refractivity contribution is -0.131. The number of ether oxygens (including phenoxy) is 1. The zero-order chi connectivity index (χ0) is 30.7. The highest BCUT2D eigenvalue weighted by molar-refractivity contribution is 7.85. The van der Waals surface area contributed by atoms with E-state index in [1.54, 1.807) is 43.2 Å². The molecule has 2 aromatic carbocycles. The molecule has 0 saturated heterocycles. The van der Waals surface area contributed by atoms with Crippen molar-refractivity contribution in [3.05, 3.63) is 84.3 Å². The van der Waals surface area contributed by atoms with E-state index in [4.69, 9.17) is 9.29 Å². The molecule has 0 unspecified atom stereocenters. The number of halogens is 2. The summed E-state index contributed by atoms with van der Waals surface area (Å²) in [5.74, 6) is -1.53. The van der Waals surface area contributed by atoms with Crippen molar-refractivity contribution in [3.63, 3.8) is 0 Å². The maximum absolute atomic E-state index is 15.0. The van der Waals surface area contributed by atoms with Crippen LogP contribution < -0.4 is 15.4 Å². The molecule has 220 valence electrons. The van der Waals surface area contributed by atoms with E-state index in [0.29, 0.717) is 41.8 Å². The fraction of sp³-hybridized carbons (Fsp3) is 0.214. The quantitative estimate of drug-likeness (QED) is 0.204. The van der Waals surface area contributed by atoms with Gasteiger partial charge in [-0.05, 0) is 61.7 Å². The predicted octanol–water partition coefficient (Wildman–Crippen LogP) is 4.72. The number of rotatable bonds is 7. The van der Waals surface area contributed by atoms with Gasteiger partial charge < -0.3 is 15.4 Å². The van der Waals surface area contributed by atoms with Crippen molar-refractivity contribution in [2.75, 3.05) is 16.9 Å². The normalized spacial score (nSPS) is 13.4. The Morgan fingerprint density at radius 3 is 2.29 bits per heavy atom. The summed E-state index contributed by atoms with van der Waals surface area (Å²) < 4.78 is 61.5. The van der Waals surface area contributed by atoms with Crippen LogP contribution >= 0.6 is 0 Å². The SMILES string of the molecule is CS(=O)(=O)O.Cc1cc(NC(=O)C2(C(=O)Nc3ccc(F)cc3)CC2)c(F)cc1Oc1ccnc(-c2cnn(C)c2)c1. The Kier molecular flexibility index (Phi) is 8.68. The van der Waals surface area contributed by atoms with Gasteiger partial charge in [0.15, 0.2) is 0 Å². The molecule has 0 bridgehead atoms. The van der Waals surface area contributed by atoms with E-state index in [2.05, 4.69) is 20.7 Å². The van der Waals surface area contributed by atoms with Gasteiger partial charge in [0, 0.05) is 42.8 Å². The van der Waals surface area contributed by atoms with Crippen LogP contribution in [-0.2, 0) is 26.8 Å². The molecule has 1 fully saturated rings. The number of hydrogen-bond donors (Lipinski definition) is 3. The average Bonchev–Trinajstić information content (AvgIpc) is 3.62. The molecule has 2 amide bonds. The Hall–Kier alpha value is -4.69. The summed E-state index contributed by atoms with van der Waals surface area (Å²) >= 11 is 0. The maximum Gasteiger partial charge on any atom is 0.261 e. The molecule has 2 heterocycles. The summed E-state index contributed by atoms with van der Waals surface area (Å²) in [6.07, 6.45) is 6.46. The summed E-state index contributed by atoms with van der Waals surface area (Å²) in [6, 6.07) is 11.3. The van der Waals surface area contributed by atoms with Gasteiger partial charge >= 0.3 is 0 Å². The minimum Gasteiger partial charge on any atom is -0.457 e. The van der Waals surface area contributed by atoms with Gasteiger partial charge in [-0.25, -0.2) is 8.78 Å². The number of pyridine rings is 1. The van der Waals surface area contributed by atoms with Crippen molar-refractivity contribution in [2.45, 2.75) is 19.8 Å². The summed E-state index contributed by atoms with van der Waals surface area (Å²) in [7, 11) is -1.86. The van der Waals surface area contributed by atoms with Gasteiger partial charge in [-0.15, -0.1) is 0 Å². The first-order valence-electron chi connectivity index (χ1n) is 12.5. The van der Waals surface area contributed by atoms with Gasteiger partial charge in [0.2, 0.25) is 11.8 Å².